The van der Waals surface area contributed by atoms with Crippen molar-refractivity contribution in [1.82, 2.24) is 16.0 Å². The summed E-state index contributed by atoms with van der Waals surface area (Å²) < 4.78 is 5.56. The number of guanidine groups is 1. The number of nitrogens with one attached hydrogen (secondary N) is 3. The van der Waals surface area contributed by atoms with E-state index in [0.717, 1.165) is 57.1 Å². The molecule has 1 amide bonds. The van der Waals surface area contributed by atoms with Crippen molar-refractivity contribution in [2.45, 2.75) is 51.9 Å². The Balaban J connectivity index is 1.38. The van der Waals surface area contributed by atoms with E-state index in [1.165, 1.54) is 30.4 Å². The fourth-order valence-corrected chi connectivity index (χ4v) is 3.91. The highest BCUT2D eigenvalue weighted by Crippen LogP contribution is 2.26. The molecule has 1 aromatic rings. The van der Waals surface area contributed by atoms with Gasteiger partial charge in [-0.15, -0.1) is 0 Å². The van der Waals surface area contributed by atoms with Gasteiger partial charge in [-0.1, -0.05) is 31.4 Å². The van der Waals surface area contributed by atoms with Gasteiger partial charge in [-0.25, -0.2) is 0 Å². The van der Waals surface area contributed by atoms with Crippen molar-refractivity contribution >= 4 is 11.9 Å². The highest BCUT2D eigenvalue weighted by atomic mass is 16.5. The quantitative estimate of drug-likeness (QED) is 0.364. The summed E-state index contributed by atoms with van der Waals surface area (Å²) in [7, 11) is 0. The van der Waals surface area contributed by atoms with E-state index in [-0.39, 0.29) is 11.8 Å². The third kappa shape index (κ3) is 6.14. The lowest BCUT2D eigenvalue weighted by Crippen LogP contribution is -2.42. The highest BCUT2D eigenvalue weighted by Gasteiger charge is 2.20. The Morgan fingerprint density at radius 3 is 2.79 bits per heavy atom. The van der Waals surface area contributed by atoms with Crippen LogP contribution in [0.5, 0.6) is 5.75 Å². The average Bonchev–Trinajstić information content (AvgIpc) is 3.19. The maximum absolute atomic E-state index is 12.2. The van der Waals surface area contributed by atoms with Crippen LogP contribution in [-0.2, 0) is 17.6 Å². The Kier molecular flexibility index (Phi) is 8.00. The fourth-order valence-electron chi connectivity index (χ4n) is 3.91. The molecule has 0 aromatic heterocycles. The summed E-state index contributed by atoms with van der Waals surface area (Å²) in [5, 5.41) is 9.64. The van der Waals surface area contributed by atoms with Crippen molar-refractivity contribution < 1.29 is 9.53 Å². The maximum Gasteiger partial charge on any atom is 0.223 e. The van der Waals surface area contributed by atoms with E-state index in [2.05, 4.69) is 46.1 Å². The number of hydrogen-bond acceptors (Lipinski definition) is 3. The summed E-state index contributed by atoms with van der Waals surface area (Å²) in [5.74, 6) is 2.26. The molecule has 0 bridgehead atoms. The first-order valence-corrected chi connectivity index (χ1v) is 10.8. The van der Waals surface area contributed by atoms with Crippen LogP contribution in [-0.4, -0.2) is 44.7 Å². The van der Waals surface area contributed by atoms with Gasteiger partial charge < -0.3 is 20.7 Å². The van der Waals surface area contributed by atoms with Crippen molar-refractivity contribution in [3.63, 3.8) is 0 Å². The molecule has 0 radical (unpaired) electrons. The van der Waals surface area contributed by atoms with Crippen LogP contribution in [0.25, 0.3) is 0 Å². The summed E-state index contributed by atoms with van der Waals surface area (Å²) in [6.45, 7) is 5.70. The molecule has 28 heavy (non-hydrogen) atoms. The third-order valence-corrected chi connectivity index (χ3v) is 5.46. The van der Waals surface area contributed by atoms with Gasteiger partial charge in [0.15, 0.2) is 5.96 Å². The van der Waals surface area contributed by atoms with E-state index in [1.807, 2.05) is 0 Å². The molecule has 0 saturated heterocycles. The Bertz CT molecular complexity index is 669. The Labute approximate surface area is 168 Å². The van der Waals surface area contributed by atoms with E-state index in [1.54, 1.807) is 0 Å². The van der Waals surface area contributed by atoms with Gasteiger partial charge in [0.25, 0.3) is 0 Å². The second-order valence-corrected chi connectivity index (χ2v) is 7.60. The number of ether oxygens (including phenoxy) is 1. The molecule has 1 aliphatic carbocycles. The predicted molar refractivity (Wildman–Crippen MR) is 113 cm³/mol. The molecule has 0 unspecified atom stereocenters. The molecule has 1 aromatic carbocycles. The van der Waals surface area contributed by atoms with Gasteiger partial charge in [0.1, 0.15) is 5.75 Å². The normalized spacial score (nSPS) is 17.0. The molecule has 1 aliphatic heterocycles. The Morgan fingerprint density at radius 2 is 1.96 bits per heavy atom. The van der Waals surface area contributed by atoms with Crippen molar-refractivity contribution in [3.05, 3.63) is 29.3 Å². The van der Waals surface area contributed by atoms with Crippen LogP contribution in [0.3, 0.4) is 0 Å². The molecule has 1 heterocycles. The van der Waals surface area contributed by atoms with E-state index in [9.17, 15) is 4.79 Å². The summed E-state index contributed by atoms with van der Waals surface area (Å²) in [4.78, 5) is 16.8. The zero-order chi connectivity index (χ0) is 19.6. The molecule has 0 spiro atoms. The Morgan fingerprint density at radius 1 is 1.14 bits per heavy atom. The number of nitrogens with zero attached hydrogens (tertiary/aromatic N) is 1. The van der Waals surface area contributed by atoms with Crippen LogP contribution in [0, 0.1) is 5.92 Å². The molecule has 3 rings (SSSR count). The lowest BCUT2D eigenvalue weighted by molar-refractivity contribution is -0.125. The van der Waals surface area contributed by atoms with E-state index in [4.69, 9.17) is 4.74 Å². The smallest absolute Gasteiger partial charge is 0.223 e. The first kappa shape index (κ1) is 20.5. The first-order valence-electron chi connectivity index (χ1n) is 10.8. The number of carbonyl (C=O) groups is 1. The standard InChI is InChI=1S/C22H34N4O2/c1-2-23-22(26-14-13-24-21(27)18-6-4-3-5-7-18)25-12-10-17-8-9-20-19(16-17)11-15-28-20/h8-9,16,18H,2-7,10-15H2,1H3,(H,24,27)(H2,23,25,26). The SMILES string of the molecule is CCNC(=NCCc1ccc2c(c1)CCO2)NCCNC(=O)C1CCCCC1. The molecule has 6 nitrogen and oxygen atoms in total. The molecule has 6 heteroatoms. The minimum absolute atomic E-state index is 0.212. The number of amides is 1. The summed E-state index contributed by atoms with van der Waals surface area (Å²) in [6, 6.07) is 6.43. The number of carbonyl (C=O) groups excluding carboxylic acids is 1. The van der Waals surface area contributed by atoms with E-state index in [0.29, 0.717) is 13.1 Å². The molecular weight excluding hydrogens is 352 g/mol. The molecule has 3 N–H and O–H groups in total. The largest absolute Gasteiger partial charge is 0.493 e. The zero-order valence-electron chi connectivity index (χ0n) is 17.1. The van der Waals surface area contributed by atoms with Crippen LogP contribution in [0.15, 0.2) is 23.2 Å². The van der Waals surface area contributed by atoms with Crippen LogP contribution < -0.4 is 20.7 Å². The zero-order valence-corrected chi connectivity index (χ0v) is 17.1. The lowest BCUT2D eigenvalue weighted by Gasteiger charge is -2.21. The highest BCUT2D eigenvalue weighted by molar-refractivity contribution is 5.80. The van der Waals surface area contributed by atoms with Gasteiger partial charge >= 0.3 is 0 Å². The number of hydrogen-bond donors (Lipinski definition) is 3. The van der Waals surface area contributed by atoms with Crippen LogP contribution in [0.4, 0.5) is 0 Å². The summed E-state index contributed by atoms with van der Waals surface area (Å²) >= 11 is 0. The summed E-state index contributed by atoms with van der Waals surface area (Å²) in [6.07, 6.45) is 7.63. The molecule has 154 valence electrons. The minimum Gasteiger partial charge on any atom is -0.493 e. The molecule has 1 fully saturated rings. The van der Waals surface area contributed by atoms with Crippen LogP contribution in [0.1, 0.15) is 50.2 Å². The van der Waals surface area contributed by atoms with Gasteiger partial charge in [-0.2, -0.15) is 0 Å². The molecular formula is C22H34N4O2. The van der Waals surface area contributed by atoms with Gasteiger partial charge in [-0.3, -0.25) is 9.79 Å². The predicted octanol–water partition coefficient (Wildman–Crippen LogP) is 2.42. The van der Waals surface area contributed by atoms with Gasteiger partial charge in [0.2, 0.25) is 5.91 Å². The van der Waals surface area contributed by atoms with Gasteiger partial charge in [0, 0.05) is 38.5 Å². The Hall–Kier alpha value is -2.24. The number of rotatable bonds is 8. The number of aliphatic imine (C=N–C) groups is 1. The molecule has 1 saturated carbocycles. The maximum atomic E-state index is 12.2. The second kappa shape index (κ2) is 10.9. The molecule has 2 aliphatic rings. The lowest BCUT2D eigenvalue weighted by atomic mass is 9.89. The first-order chi connectivity index (χ1) is 13.8. The third-order valence-electron chi connectivity index (χ3n) is 5.46. The van der Waals surface area contributed by atoms with Crippen molar-refractivity contribution in [1.29, 1.82) is 0 Å². The van der Waals surface area contributed by atoms with Gasteiger partial charge in [-0.05, 0) is 43.4 Å². The second-order valence-electron chi connectivity index (χ2n) is 7.60. The van der Waals surface area contributed by atoms with E-state index >= 15 is 0 Å². The number of fused-ring (bicyclic) bond motifs is 1. The van der Waals surface area contributed by atoms with Crippen molar-refractivity contribution in [2.24, 2.45) is 10.9 Å². The average molecular weight is 387 g/mol. The van der Waals surface area contributed by atoms with Crippen molar-refractivity contribution in [2.75, 3.05) is 32.8 Å². The number of benzene rings is 1. The van der Waals surface area contributed by atoms with Crippen LogP contribution in [0.2, 0.25) is 0 Å². The van der Waals surface area contributed by atoms with E-state index < -0.39 is 0 Å². The molecule has 0 atom stereocenters. The topological polar surface area (TPSA) is 74.8 Å². The van der Waals surface area contributed by atoms with Crippen LogP contribution >= 0.6 is 0 Å². The summed E-state index contributed by atoms with van der Waals surface area (Å²) in [5.41, 5.74) is 2.60. The fraction of sp³-hybridized carbons (Fsp3) is 0.636. The van der Waals surface area contributed by atoms with Gasteiger partial charge in [0.05, 0.1) is 6.61 Å². The van der Waals surface area contributed by atoms with Crippen molar-refractivity contribution in [3.8, 4) is 5.75 Å². The minimum atomic E-state index is 0.212. The monoisotopic (exact) mass is 386 g/mol.